The maximum absolute atomic E-state index is 13.6. The van der Waals surface area contributed by atoms with Gasteiger partial charge >= 0.3 is 5.97 Å². The lowest BCUT2D eigenvalue weighted by molar-refractivity contribution is -0.384. The number of rotatable bonds is 6. The quantitative estimate of drug-likeness (QED) is 0.165. The number of nitro benzene ring substituents is 1. The molecule has 0 unspecified atom stereocenters. The smallest absolute Gasteiger partial charge is 0.338 e. The van der Waals surface area contributed by atoms with E-state index in [9.17, 15) is 24.5 Å². The summed E-state index contributed by atoms with van der Waals surface area (Å²) in [7, 11) is 3.41. The van der Waals surface area contributed by atoms with Gasteiger partial charge < -0.3 is 9.64 Å². The van der Waals surface area contributed by atoms with Crippen molar-refractivity contribution in [3.05, 3.63) is 99.1 Å². The molecule has 1 aliphatic heterocycles. The van der Waals surface area contributed by atoms with Crippen LogP contribution in [0.3, 0.4) is 0 Å². The summed E-state index contributed by atoms with van der Waals surface area (Å²) < 4.78 is 4.99. The summed E-state index contributed by atoms with van der Waals surface area (Å²) in [6.07, 6.45) is 1.54. The Morgan fingerprint density at radius 1 is 1.00 bits per heavy atom. The van der Waals surface area contributed by atoms with Crippen LogP contribution in [-0.4, -0.2) is 43.4 Å². The number of ether oxygens (including phenoxy) is 1. The molecule has 0 atom stereocenters. The molecule has 9 heteroatoms. The van der Waals surface area contributed by atoms with Gasteiger partial charge in [0.05, 0.1) is 22.8 Å². The monoisotopic (exact) mass is 485 g/mol. The first-order valence-corrected chi connectivity index (χ1v) is 11.2. The minimum Gasteiger partial charge on any atom is -0.462 e. The van der Waals surface area contributed by atoms with Gasteiger partial charge in [-0.2, -0.15) is 0 Å². The zero-order valence-corrected chi connectivity index (χ0v) is 19.9. The molecule has 1 aliphatic rings. The van der Waals surface area contributed by atoms with Gasteiger partial charge in [0.2, 0.25) is 0 Å². The summed E-state index contributed by atoms with van der Waals surface area (Å²) in [4.78, 5) is 52.7. The molecule has 182 valence electrons. The minimum atomic E-state index is -0.582. The van der Waals surface area contributed by atoms with Crippen LogP contribution in [0.2, 0.25) is 0 Å². The fourth-order valence-electron chi connectivity index (χ4n) is 4.01. The van der Waals surface area contributed by atoms with E-state index in [0.29, 0.717) is 27.9 Å². The third kappa shape index (κ3) is 4.46. The van der Waals surface area contributed by atoms with Gasteiger partial charge in [0.25, 0.3) is 17.5 Å². The average Bonchev–Trinajstić information content (AvgIpc) is 2.87. The third-order valence-electron chi connectivity index (χ3n) is 5.71. The SMILES string of the molecule is CCOC(=O)c1ccc(N2C(=O)/C(=C\c3ccc(N(C)C)c([N+](=O)[O-])c3)c3ccccc3C2=O)cc1. The maximum Gasteiger partial charge on any atom is 0.338 e. The lowest BCUT2D eigenvalue weighted by Gasteiger charge is -2.28. The number of benzene rings is 3. The summed E-state index contributed by atoms with van der Waals surface area (Å²) in [6.45, 7) is 1.92. The molecule has 1 heterocycles. The Balaban J connectivity index is 1.81. The Labute approximate surface area is 207 Å². The molecule has 2 amide bonds. The number of nitro groups is 1. The number of carbonyl (C=O) groups is 3. The van der Waals surface area contributed by atoms with Crippen LogP contribution in [0.4, 0.5) is 17.1 Å². The second-order valence-electron chi connectivity index (χ2n) is 8.22. The third-order valence-corrected chi connectivity index (χ3v) is 5.71. The summed E-state index contributed by atoms with van der Waals surface area (Å²) in [5, 5.41) is 11.6. The van der Waals surface area contributed by atoms with Gasteiger partial charge in [-0.25, -0.2) is 9.69 Å². The molecule has 0 saturated heterocycles. The van der Waals surface area contributed by atoms with E-state index in [2.05, 4.69) is 0 Å². The van der Waals surface area contributed by atoms with Crippen molar-refractivity contribution in [2.45, 2.75) is 6.92 Å². The van der Waals surface area contributed by atoms with Crippen LogP contribution >= 0.6 is 0 Å². The van der Waals surface area contributed by atoms with Crippen LogP contribution in [0.25, 0.3) is 11.6 Å². The zero-order valence-electron chi connectivity index (χ0n) is 19.9. The Hall–Kier alpha value is -4.79. The summed E-state index contributed by atoms with van der Waals surface area (Å²) in [6, 6.07) is 17.4. The van der Waals surface area contributed by atoms with Crippen LogP contribution < -0.4 is 9.80 Å². The molecular weight excluding hydrogens is 462 g/mol. The van der Waals surface area contributed by atoms with Crippen molar-refractivity contribution in [1.82, 2.24) is 0 Å². The van der Waals surface area contributed by atoms with Gasteiger partial charge in [-0.15, -0.1) is 0 Å². The van der Waals surface area contributed by atoms with E-state index < -0.39 is 22.7 Å². The van der Waals surface area contributed by atoms with E-state index >= 15 is 0 Å². The molecule has 3 aromatic carbocycles. The predicted octanol–water partition coefficient (Wildman–Crippen LogP) is 4.57. The van der Waals surface area contributed by atoms with Crippen molar-refractivity contribution >= 4 is 46.5 Å². The first kappa shape index (κ1) is 24.3. The summed E-state index contributed by atoms with van der Waals surface area (Å²) in [5.41, 5.74) is 2.31. The van der Waals surface area contributed by atoms with Crippen molar-refractivity contribution in [3.8, 4) is 0 Å². The molecule has 0 bridgehead atoms. The lowest BCUT2D eigenvalue weighted by Crippen LogP contribution is -2.41. The molecule has 0 N–H and O–H groups in total. The van der Waals surface area contributed by atoms with Crippen molar-refractivity contribution in [2.24, 2.45) is 0 Å². The van der Waals surface area contributed by atoms with Crippen molar-refractivity contribution in [1.29, 1.82) is 0 Å². The molecule has 0 saturated carbocycles. The van der Waals surface area contributed by atoms with E-state index in [4.69, 9.17) is 4.74 Å². The molecule has 3 aromatic rings. The summed E-state index contributed by atoms with van der Waals surface area (Å²) in [5.74, 6) is -1.60. The van der Waals surface area contributed by atoms with Gasteiger partial charge in [0, 0.05) is 31.3 Å². The molecule has 9 nitrogen and oxygen atoms in total. The zero-order chi connectivity index (χ0) is 26.0. The van der Waals surface area contributed by atoms with Crippen LogP contribution in [0.1, 0.15) is 38.8 Å². The highest BCUT2D eigenvalue weighted by Gasteiger charge is 2.36. The fraction of sp³-hybridized carbons (Fsp3) is 0.148. The highest BCUT2D eigenvalue weighted by atomic mass is 16.6. The molecule has 4 rings (SSSR count). The van der Waals surface area contributed by atoms with E-state index in [1.54, 1.807) is 68.4 Å². The number of carbonyl (C=O) groups excluding carboxylic acids is 3. The topological polar surface area (TPSA) is 110 Å². The number of anilines is 2. The first-order valence-electron chi connectivity index (χ1n) is 11.2. The fourth-order valence-corrected chi connectivity index (χ4v) is 4.01. The molecule has 36 heavy (non-hydrogen) atoms. The molecule has 0 aliphatic carbocycles. The van der Waals surface area contributed by atoms with Crippen molar-refractivity contribution < 1.29 is 24.0 Å². The number of imide groups is 1. The molecule has 0 spiro atoms. The van der Waals surface area contributed by atoms with Crippen LogP contribution in [-0.2, 0) is 9.53 Å². The van der Waals surface area contributed by atoms with E-state index in [1.165, 1.54) is 30.3 Å². The summed E-state index contributed by atoms with van der Waals surface area (Å²) >= 11 is 0. The Morgan fingerprint density at radius 2 is 1.67 bits per heavy atom. The Kier molecular flexibility index (Phi) is 6.64. The number of amides is 2. The Bertz CT molecular complexity index is 1410. The molecular formula is C27H23N3O6. The second-order valence-corrected chi connectivity index (χ2v) is 8.22. The van der Waals surface area contributed by atoms with Crippen LogP contribution in [0, 0.1) is 10.1 Å². The normalized spacial score (nSPS) is 14.0. The lowest BCUT2D eigenvalue weighted by atomic mass is 9.91. The van der Waals surface area contributed by atoms with Gasteiger partial charge in [-0.1, -0.05) is 24.3 Å². The van der Waals surface area contributed by atoms with Crippen LogP contribution in [0.5, 0.6) is 0 Å². The maximum atomic E-state index is 13.6. The first-order chi connectivity index (χ1) is 17.2. The average molecular weight is 485 g/mol. The highest BCUT2D eigenvalue weighted by molar-refractivity contribution is 6.43. The number of nitrogens with zero attached hydrogens (tertiary/aromatic N) is 3. The van der Waals surface area contributed by atoms with Gasteiger partial charge in [-0.05, 0) is 60.5 Å². The number of hydrogen-bond donors (Lipinski definition) is 0. The molecule has 0 aromatic heterocycles. The molecule has 0 fully saturated rings. The second kappa shape index (κ2) is 9.83. The van der Waals surface area contributed by atoms with Gasteiger partial charge in [0.15, 0.2) is 0 Å². The van der Waals surface area contributed by atoms with Gasteiger partial charge in [0.1, 0.15) is 5.69 Å². The largest absolute Gasteiger partial charge is 0.462 e. The highest BCUT2D eigenvalue weighted by Crippen LogP contribution is 2.35. The minimum absolute atomic E-state index is 0.103. The van der Waals surface area contributed by atoms with Crippen molar-refractivity contribution in [3.63, 3.8) is 0 Å². The van der Waals surface area contributed by atoms with E-state index in [0.717, 1.165) is 4.90 Å². The number of fused-ring (bicyclic) bond motifs is 1. The van der Waals surface area contributed by atoms with E-state index in [-0.39, 0.29) is 23.6 Å². The standard InChI is InChI=1S/C27H23N3O6/c1-4-36-27(33)18-10-12-19(13-11-18)29-25(31)21-8-6-5-7-20(21)22(26(29)32)15-17-9-14-23(28(2)3)24(16-17)30(34)35/h5-16H,4H2,1-3H3/b22-15-. The van der Waals surface area contributed by atoms with Crippen molar-refractivity contribution in [2.75, 3.05) is 30.5 Å². The number of esters is 1. The Morgan fingerprint density at radius 3 is 2.28 bits per heavy atom. The number of hydrogen-bond acceptors (Lipinski definition) is 7. The van der Waals surface area contributed by atoms with Gasteiger partial charge in [-0.3, -0.25) is 19.7 Å². The predicted molar refractivity (Wildman–Crippen MR) is 136 cm³/mol. The van der Waals surface area contributed by atoms with E-state index in [1.807, 2.05) is 0 Å². The molecule has 0 radical (unpaired) electrons. The van der Waals surface area contributed by atoms with Crippen LogP contribution in [0.15, 0.2) is 66.7 Å².